The Bertz CT molecular complexity index is 1000. The van der Waals surface area contributed by atoms with Gasteiger partial charge in [0, 0.05) is 24.2 Å². The third-order valence-electron chi connectivity index (χ3n) is 5.86. The SMILES string of the molecule is O=C(NCC(O)C1CC1)c1ccc2c(c1)CCNC2C(=O)c1ccccc1C(F)(F)F. The van der Waals surface area contributed by atoms with E-state index in [9.17, 15) is 27.9 Å². The zero-order chi connectivity index (χ0) is 22.2. The summed E-state index contributed by atoms with van der Waals surface area (Å²) in [7, 11) is 0. The van der Waals surface area contributed by atoms with Gasteiger partial charge in [0.15, 0.2) is 5.78 Å². The van der Waals surface area contributed by atoms with Gasteiger partial charge in [-0.05, 0) is 54.5 Å². The van der Waals surface area contributed by atoms with Crippen LogP contribution in [0.2, 0.25) is 0 Å². The topological polar surface area (TPSA) is 78.4 Å². The monoisotopic (exact) mass is 432 g/mol. The lowest BCUT2D eigenvalue weighted by Gasteiger charge is -2.27. The smallest absolute Gasteiger partial charge is 0.391 e. The van der Waals surface area contributed by atoms with Crippen LogP contribution in [0, 0.1) is 5.92 Å². The minimum Gasteiger partial charge on any atom is -0.391 e. The van der Waals surface area contributed by atoms with Gasteiger partial charge in [0.25, 0.3) is 5.91 Å². The standard InChI is InChI=1S/C23H23F3N2O3/c24-23(25,26)18-4-2-1-3-17(18)21(30)20-16-8-7-15(11-14(16)9-10-27-20)22(31)28-12-19(29)13-5-6-13/h1-4,7-8,11,13,19-20,27,29H,5-6,9-10,12H2,(H,28,31). The average Bonchev–Trinajstić information content (AvgIpc) is 3.61. The van der Waals surface area contributed by atoms with Gasteiger partial charge in [-0.25, -0.2) is 0 Å². The van der Waals surface area contributed by atoms with E-state index >= 15 is 0 Å². The molecule has 2 unspecified atom stereocenters. The number of hydrogen-bond acceptors (Lipinski definition) is 4. The number of Topliss-reactive ketones (excluding diaryl/α,β-unsaturated/α-hetero) is 1. The van der Waals surface area contributed by atoms with Crippen molar-refractivity contribution in [3.05, 3.63) is 70.3 Å². The lowest BCUT2D eigenvalue weighted by atomic mass is 9.87. The predicted molar refractivity (Wildman–Crippen MR) is 108 cm³/mol. The average molecular weight is 432 g/mol. The third-order valence-corrected chi connectivity index (χ3v) is 5.86. The molecule has 2 atom stereocenters. The molecule has 1 amide bonds. The van der Waals surface area contributed by atoms with Crippen LogP contribution in [-0.4, -0.2) is 36.0 Å². The van der Waals surface area contributed by atoms with Crippen molar-refractivity contribution in [2.45, 2.75) is 37.6 Å². The first-order valence-corrected chi connectivity index (χ1v) is 10.3. The number of benzene rings is 2. The van der Waals surface area contributed by atoms with Crippen molar-refractivity contribution in [1.29, 1.82) is 0 Å². The first-order chi connectivity index (χ1) is 14.8. The number of carbonyl (C=O) groups excluding carboxylic acids is 2. The fourth-order valence-corrected chi connectivity index (χ4v) is 3.99. The van der Waals surface area contributed by atoms with Crippen LogP contribution in [0.5, 0.6) is 0 Å². The van der Waals surface area contributed by atoms with E-state index in [1.165, 1.54) is 18.2 Å². The van der Waals surface area contributed by atoms with Crippen LogP contribution in [0.4, 0.5) is 13.2 Å². The zero-order valence-electron chi connectivity index (χ0n) is 16.7. The van der Waals surface area contributed by atoms with Gasteiger partial charge < -0.3 is 15.7 Å². The molecule has 2 aromatic carbocycles. The quantitative estimate of drug-likeness (QED) is 0.613. The Hall–Kier alpha value is -2.71. The van der Waals surface area contributed by atoms with Gasteiger partial charge in [0.2, 0.25) is 0 Å². The van der Waals surface area contributed by atoms with Crippen molar-refractivity contribution >= 4 is 11.7 Å². The molecule has 0 bridgehead atoms. The third kappa shape index (κ3) is 4.65. The molecule has 0 radical (unpaired) electrons. The second kappa shape index (κ2) is 8.43. The van der Waals surface area contributed by atoms with E-state index in [0.29, 0.717) is 24.1 Å². The highest BCUT2D eigenvalue weighted by molar-refractivity contribution is 6.02. The number of ketones is 1. The molecule has 1 aliphatic heterocycles. The Morgan fingerprint density at radius 3 is 2.61 bits per heavy atom. The number of aliphatic hydroxyl groups is 1. The molecule has 31 heavy (non-hydrogen) atoms. The van der Waals surface area contributed by atoms with Crippen LogP contribution in [0.3, 0.4) is 0 Å². The molecule has 3 N–H and O–H groups in total. The molecule has 4 rings (SSSR count). The second-order valence-electron chi connectivity index (χ2n) is 8.07. The molecule has 0 aromatic heterocycles. The second-order valence-corrected chi connectivity index (χ2v) is 8.07. The van der Waals surface area contributed by atoms with E-state index in [2.05, 4.69) is 10.6 Å². The maximum atomic E-state index is 13.4. The Kier molecular flexibility index (Phi) is 5.85. The van der Waals surface area contributed by atoms with Crippen LogP contribution in [0.1, 0.15) is 56.3 Å². The molecular formula is C23H23F3N2O3. The molecule has 5 nitrogen and oxygen atoms in total. The summed E-state index contributed by atoms with van der Waals surface area (Å²) in [5.41, 5.74) is 0.376. The van der Waals surface area contributed by atoms with Crippen molar-refractivity contribution in [3.8, 4) is 0 Å². The molecule has 0 spiro atoms. The van der Waals surface area contributed by atoms with E-state index in [1.807, 2.05) is 0 Å². The summed E-state index contributed by atoms with van der Waals surface area (Å²) in [5, 5.41) is 15.6. The van der Waals surface area contributed by atoms with Crippen molar-refractivity contribution in [3.63, 3.8) is 0 Å². The summed E-state index contributed by atoms with van der Waals surface area (Å²) in [6.07, 6.45) is -2.70. The summed E-state index contributed by atoms with van der Waals surface area (Å²) < 4.78 is 40.1. The first kappa shape index (κ1) is 21.5. The number of hydrogen-bond donors (Lipinski definition) is 3. The van der Waals surface area contributed by atoms with E-state index in [-0.39, 0.29) is 23.9 Å². The Morgan fingerprint density at radius 1 is 1.16 bits per heavy atom. The molecule has 1 aliphatic carbocycles. The minimum atomic E-state index is -4.63. The highest BCUT2D eigenvalue weighted by atomic mass is 19.4. The van der Waals surface area contributed by atoms with Gasteiger partial charge in [0.05, 0.1) is 17.7 Å². The van der Waals surface area contributed by atoms with Crippen LogP contribution >= 0.6 is 0 Å². The summed E-state index contributed by atoms with van der Waals surface area (Å²) in [6, 6.07) is 8.69. The van der Waals surface area contributed by atoms with Crippen molar-refractivity contribution in [2.75, 3.05) is 13.1 Å². The van der Waals surface area contributed by atoms with Crippen molar-refractivity contribution in [1.82, 2.24) is 10.6 Å². The van der Waals surface area contributed by atoms with Gasteiger partial charge in [-0.3, -0.25) is 9.59 Å². The predicted octanol–water partition coefficient (Wildman–Crippen LogP) is 3.28. The molecule has 2 aliphatic rings. The van der Waals surface area contributed by atoms with Crippen molar-refractivity contribution < 1.29 is 27.9 Å². The Labute approximate surface area is 177 Å². The summed E-state index contributed by atoms with van der Waals surface area (Å²) in [5.74, 6) is -0.730. The van der Waals surface area contributed by atoms with Crippen LogP contribution in [-0.2, 0) is 12.6 Å². The summed E-state index contributed by atoms with van der Waals surface area (Å²) in [6.45, 7) is 0.584. The highest BCUT2D eigenvalue weighted by Crippen LogP contribution is 2.35. The van der Waals surface area contributed by atoms with Crippen LogP contribution in [0.25, 0.3) is 0 Å². The molecule has 8 heteroatoms. The fourth-order valence-electron chi connectivity index (χ4n) is 3.99. The fraction of sp³-hybridized carbons (Fsp3) is 0.391. The van der Waals surface area contributed by atoms with Gasteiger partial charge in [-0.1, -0.05) is 24.3 Å². The summed E-state index contributed by atoms with van der Waals surface area (Å²) in [4.78, 5) is 25.5. The number of alkyl halides is 3. The van der Waals surface area contributed by atoms with E-state index in [1.54, 1.807) is 18.2 Å². The number of fused-ring (bicyclic) bond motifs is 1. The van der Waals surface area contributed by atoms with Crippen LogP contribution in [0.15, 0.2) is 42.5 Å². The molecule has 1 saturated carbocycles. The zero-order valence-corrected chi connectivity index (χ0v) is 16.7. The van der Waals surface area contributed by atoms with E-state index in [4.69, 9.17) is 0 Å². The van der Waals surface area contributed by atoms with Gasteiger partial charge >= 0.3 is 6.18 Å². The molecule has 2 aromatic rings. The lowest BCUT2D eigenvalue weighted by molar-refractivity contribution is -0.137. The highest BCUT2D eigenvalue weighted by Gasteiger charge is 2.37. The normalized spacial score (nSPS) is 19.4. The molecule has 1 fully saturated rings. The Morgan fingerprint density at radius 2 is 1.90 bits per heavy atom. The largest absolute Gasteiger partial charge is 0.417 e. The maximum Gasteiger partial charge on any atom is 0.417 e. The van der Waals surface area contributed by atoms with Crippen LogP contribution < -0.4 is 10.6 Å². The lowest BCUT2D eigenvalue weighted by Crippen LogP contribution is -2.36. The van der Waals surface area contributed by atoms with Crippen molar-refractivity contribution in [2.24, 2.45) is 5.92 Å². The number of amides is 1. The molecule has 0 saturated heterocycles. The molecule has 1 heterocycles. The maximum absolute atomic E-state index is 13.4. The van der Waals surface area contributed by atoms with Gasteiger partial charge in [-0.15, -0.1) is 0 Å². The summed E-state index contributed by atoms with van der Waals surface area (Å²) >= 11 is 0. The number of nitrogens with one attached hydrogen (secondary N) is 2. The minimum absolute atomic E-state index is 0.178. The number of halogens is 3. The number of aliphatic hydroxyl groups excluding tert-OH is 1. The van der Waals surface area contributed by atoms with Gasteiger partial charge in [-0.2, -0.15) is 13.2 Å². The Balaban J connectivity index is 1.55. The van der Waals surface area contributed by atoms with Gasteiger partial charge in [0.1, 0.15) is 0 Å². The van der Waals surface area contributed by atoms with E-state index in [0.717, 1.165) is 24.5 Å². The van der Waals surface area contributed by atoms with E-state index < -0.39 is 29.7 Å². The molecule has 164 valence electrons. The number of rotatable bonds is 6. The first-order valence-electron chi connectivity index (χ1n) is 10.3. The number of carbonyl (C=O) groups is 2. The molecular weight excluding hydrogens is 409 g/mol.